The molecule has 0 fully saturated rings. The van der Waals surface area contributed by atoms with Crippen LogP contribution < -0.4 is 11.1 Å². The van der Waals surface area contributed by atoms with Crippen molar-refractivity contribution in [3.8, 4) is 0 Å². The van der Waals surface area contributed by atoms with Crippen molar-refractivity contribution < 1.29 is 4.79 Å². The highest BCUT2D eigenvalue weighted by Crippen LogP contribution is 2.21. The second-order valence-corrected chi connectivity index (χ2v) is 6.01. The number of carbonyl (C=O) groups excluding carboxylic acids is 1. The third-order valence-corrected chi connectivity index (χ3v) is 4.03. The minimum absolute atomic E-state index is 0.0393. The average molecular weight is 304 g/mol. The number of hydrogen-bond donors (Lipinski definition) is 2. The van der Waals surface area contributed by atoms with Gasteiger partial charge in [-0.3, -0.25) is 4.79 Å². The fourth-order valence-electron chi connectivity index (χ4n) is 1.96. The molecule has 0 aliphatic heterocycles. The molecule has 0 saturated carbocycles. The van der Waals surface area contributed by atoms with Crippen molar-refractivity contribution >= 4 is 28.6 Å². The standard InChI is InChI=1S/C15H20N4OS/c1-10-9-21-14(18-10)6-7-17-13-8-11(16)4-5-12(13)15(20)19(2)3/h4-5,8-9,17H,6-7,16H2,1-3H3. The highest BCUT2D eigenvalue weighted by Gasteiger charge is 2.13. The molecule has 1 aromatic carbocycles. The first kappa shape index (κ1) is 15.3. The van der Waals surface area contributed by atoms with Gasteiger partial charge in [0.05, 0.1) is 10.6 Å². The van der Waals surface area contributed by atoms with E-state index >= 15 is 0 Å². The van der Waals surface area contributed by atoms with Crippen LogP contribution in [0.5, 0.6) is 0 Å². The molecule has 0 radical (unpaired) electrons. The smallest absolute Gasteiger partial charge is 0.255 e. The van der Waals surface area contributed by atoms with E-state index in [2.05, 4.69) is 10.3 Å². The quantitative estimate of drug-likeness (QED) is 0.832. The Morgan fingerprint density at radius 3 is 2.81 bits per heavy atom. The Hall–Kier alpha value is -2.08. The largest absolute Gasteiger partial charge is 0.399 e. The van der Waals surface area contributed by atoms with Gasteiger partial charge in [0.1, 0.15) is 0 Å². The molecule has 0 aliphatic carbocycles. The van der Waals surface area contributed by atoms with Crippen molar-refractivity contribution in [2.24, 2.45) is 0 Å². The molecule has 3 N–H and O–H groups in total. The Balaban J connectivity index is 2.07. The lowest BCUT2D eigenvalue weighted by Crippen LogP contribution is -2.23. The van der Waals surface area contributed by atoms with E-state index in [1.807, 2.05) is 12.3 Å². The van der Waals surface area contributed by atoms with E-state index in [4.69, 9.17) is 5.73 Å². The van der Waals surface area contributed by atoms with Crippen molar-refractivity contribution in [3.63, 3.8) is 0 Å². The van der Waals surface area contributed by atoms with Gasteiger partial charge in [-0.1, -0.05) is 0 Å². The summed E-state index contributed by atoms with van der Waals surface area (Å²) in [5.41, 5.74) is 8.89. The summed E-state index contributed by atoms with van der Waals surface area (Å²) < 4.78 is 0. The first-order valence-corrected chi connectivity index (χ1v) is 7.61. The van der Waals surface area contributed by atoms with Gasteiger partial charge in [-0.2, -0.15) is 0 Å². The summed E-state index contributed by atoms with van der Waals surface area (Å²) >= 11 is 1.65. The molecule has 6 heteroatoms. The number of nitrogens with zero attached hydrogens (tertiary/aromatic N) is 2. The second kappa shape index (κ2) is 6.58. The molecule has 0 spiro atoms. The lowest BCUT2D eigenvalue weighted by molar-refractivity contribution is 0.0828. The third kappa shape index (κ3) is 3.95. The van der Waals surface area contributed by atoms with Crippen LogP contribution in [0.2, 0.25) is 0 Å². The van der Waals surface area contributed by atoms with Crippen LogP contribution in [0.3, 0.4) is 0 Å². The fraction of sp³-hybridized carbons (Fsp3) is 0.333. The normalized spacial score (nSPS) is 10.4. The summed E-state index contributed by atoms with van der Waals surface area (Å²) in [6.45, 7) is 2.70. The highest BCUT2D eigenvalue weighted by atomic mass is 32.1. The zero-order valence-electron chi connectivity index (χ0n) is 12.5. The van der Waals surface area contributed by atoms with Gasteiger partial charge in [-0.15, -0.1) is 11.3 Å². The molecular weight excluding hydrogens is 284 g/mol. The number of nitrogens with one attached hydrogen (secondary N) is 1. The number of aromatic nitrogens is 1. The van der Waals surface area contributed by atoms with Gasteiger partial charge in [0.15, 0.2) is 0 Å². The highest BCUT2D eigenvalue weighted by molar-refractivity contribution is 7.09. The number of anilines is 2. The summed E-state index contributed by atoms with van der Waals surface area (Å²) in [6.07, 6.45) is 0.822. The molecule has 1 aromatic heterocycles. The molecule has 1 heterocycles. The van der Waals surface area contributed by atoms with Crippen LogP contribution in [-0.2, 0) is 6.42 Å². The minimum Gasteiger partial charge on any atom is -0.399 e. The Morgan fingerprint density at radius 1 is 1.43 bits per heavy atom. The molecule has 0 unspecified atom stereocenters. The van der Waals surface area contributed by atoms with Crippen LogP contribution in [-0.4, -0.2) is 36.4 Å². The van der Waals surface area contributed by atoms with Crippen LogP contribution in [0.15, 0.2) is 23.6 Å². The van der Waals surface area contributed by atoms with Gasteiger partial charge in [-0.05, 0) is 25.1 Å². The van der Waals surface area contributed by atoms with E-state index in [9.17, 15) is 4.79 Å². The lowest BCUT2D eigenvalue weighted by Gasteiger charge is -2.15. The number of benzene rings is 1. The van der Waals surface area contributed by atoms with E-state index < -0.39 is 0 Å². The second-order valence-electron chi connectivity index (χ2n) is 5.06. The Labute approximate surface area is 128 Å². The average Bonchev–Trinajstić information content (AvgIpc) is 2.84. The predicted octanol–water partition coefficient (Wildman–Crippen LogP) is 2.39. The van der Waals surface area contributed by atoms with E-state index in [0.717, 1.165) is 22.8 Å². The lowest BCUT2D eigenvalue weighted by atomic mass is 10.1. The SMILES string of the molecule is Cc1csc(CCNc2cc(N)ccc2C(=O)N(C)C)n1. The fourth-order valence-corrected chi connectivity index (χ4v) is 2.73. The minimum atomic E-state index is -0.0393. The van der Waals surface area contributed by atoms with Crippen molar-refractivity contribution in [3.05, 3.63) is 39.8 Å². The zero-order valence-corrected chi connectivity index (χ0v) is 13.3. The number of nitrogens with two attached hydrogens (primary N) is 1. The Morgan fingerprint density at radius 2 is 2.19 bits per heavy atom. The Kier molecular flexibility index (Phi) is 4.80. The maximum absolute atomic E-state index is 12.1. The van der Waals surface area contributed by atoms with Gasteiger partial charge < -0.3 is 16.0 Å². The van der Waals surface area contributed by atoms with Crippen molar-refractivity contribution in [2.45, 2.75) is 13.3 Å². The zero-order chi connectivity index (χ0) is 15.4. The molecule has 21 heavy (non-hydrogen) atoms. The molecule has 0 saturated heterocycles. The van der Waals surface area contributed by atoms with E-state index in [0.29, 0.717) is 17.8 Å². The number of thiazole rings is 1. The molecule has 0 aliphatic rings. The number of amides is 1. The summed E-state index contributed by atoms with van der Waals surface area (Å²) in [7, 11) is 3.47. The van der Waals surface area contributed by atoms with Crippen LogP contribution in [0, 0.1) is 6.92 Å². The number of carbonyl (C=O) groups is 1. The monoisotopic (exact) mass is 304 g/mol. The van der Waals surface area contributed by atoms with Gasteiger partial charge in [0.2, 0.25) is 0 Å². The van der Waals surface area contributed by atoms with Crippen LogP contribution >= 0.6 is 11.3 Å². The van der Waals surface area contributed by atoms with Gasteiger partial charge in [0, 0.05) is 49.5 Å². The van der Waals surface area contributed by atoms with Crippen LogP contribution in [0.1, 0.15) is 21.1 Å². The third-order valence-electron chi connectivity index (χ3n) is 3.00. The van der Waals surface area contributed by atoms with Crippen LogP contribution in [0.25, 0.3) is 0 Å². The first-order chi connectivity index (χ1) is 9.97. The summed E-state index contributed by atoms with van der Waals surface area (Å²) in [5, 5.41) is 6.41. The van der Waals surface area contributed by atoms with E-state index in [1.54, 1.807) is 48.5 Å². The summed E-state index contributed by atoms with van der Waals surface area (Å²) in [4.78, 5) is 18.1. The van der Waals surface area contributed by atoms with Gasteiger partial charge >= 0.3 is 0 Å². The van der Waals surface area contributed by atoms with Crippen LogP contribution in [0.4, 0.5) is 11.4 Å². The van der Waals surface area contributed by atoms with Crippen molar-refractivity contribution in [1.82, 2.24) is 9.88 Å². The molecule has 112 valence electrons. The molecule has 0 bridgehead atoms. The topological polar surface area (TPSA) is 71.2 Å². The van der Waals surface area contributed by atoms with Crippen molar-refractivity contribution in [2.75, 3.05) is 31.7 Å². The number of hydrogen-bond acceptors (Lipinski definition) is 5. The number of nitrogen functional groups attached to an aromatic ring is 1. The van der Waals surface area contributed by atoms with E-state index in [1.165, 1.54) is 0 Å². The van der Waals surface area contributed by atoms with Crippen molar-refractivity contribution in [1.29, 1.82) is 0 Å². The van der Waals surface area contributed by atoms with Gasteiger partial charge in [-0.25, -0.2) is 4.98 Å². The molecule has 0 atom stereocenters. The van der Waals surface area contributed by atoms with Gasteiger partial charge in [0.25, 0.3) is 5.91 Å². The molecule has 2 rings (SSSR count). The van der Waals surface area contributed by atoms with E-state index in [-0.39, 0.29) is 5.91 Å². The first-order valence-electron chi connectivity index (χ1n) is 6.73. The number of aryl methyl sites for hydroxylation is 1. The summed E-state index contributed by atoms with van der Waals surface area (Å²) in [6, 6.07) is 5.30. The molecule has 5 nitrogen and oxygen atoms in total. The molecule has 2 aromatic rings. The number of rotatable bonds is 5. The molecule has 1 amide bonds. The maximum Gasteiger partial charge on any atom is 0.255 e. The molecular formula is C15H20N4OS. The predicted molar refractivity (Wildman–Crippen MR) is 87.9 cm³/mol. The Bertz CT molecular complexity index is 636. The maximum atomic E-state index is 12.1. The summed E-state index contributed by atoms with van der Waals surface area (Å²) in [5.74, 6) is -0.0393.